The van der Waals surface area contributed by atoms with E-state index < -0.39 is 6.04 Å². The molecule has 1 aliphatic rings. The first-order chi connectivity index (χ1) is 14.1. The monoisotopic (exact) mass is 392 g/mol. The Morgan fingerprint density at radius 2 is 1.76 bits per heavy atom. The Bertz CT molecular complexity index is 992. The zero-order chi connectivity index (χ0) is 20.2. The van der Waals surface area contributed by atoms with E-state index in [2.05, 4.69) is 20.1 Å². The van der Waals surface area contributed by atoms with Gasteiger partial charge in [-0.1, -0.05) is 23.4 Å². The van der Waals surface area contributed by atoms with E-state index >= 15 is 0 Å². The van der Waals surface area contributed by atoms with Crippen LogP contribution < -0.4 is 0 Å². The van der Waals surface area contributed by atoms with Gasteiger partial charge < -0.3 is 14.3 Å². The topological polar surface area (TPSA) is 105 Å². The zero-order valence-electron chi connectivity index (χ0n) is 15.9. The van der Waals surface area contributed by atoms with Gasteiger partial charge in [0.2, 0.25) is 11.7 Å². The lowest BCUT2D eigenvalue weighted by Gasteiger charge is -2.27. The second kappa shape index (κ2) is 8.17. The first-order valence-electron chi connectivity index (χ1n) is 9.36. The van der Waals surface area contributed by atoms with Gasteiger partial charge in [-0.3, -0.25) is 9.59 Å². The molecule has 29 heavy (non-hydrogen) atoms. The van der Waals surface area contributed by atoms with Crippen LogP contribution >= 0.6 is 0 Å². The molecule has 3 aromatic rings. The van der Waals surface area contributed by atoms with Crippen LogP contribution in [0.5, 0.6) is 0 Å². The molecule has 4 rings (SSSR count). The molecule has 2 aromatic heterocycles. The molecule has 0 N–H and O–H groups in total. The molecule has 2 amide bonds. The highest BCUT2D eigenvalue weighted by Crippen LogP contribution is 2.28. The van der Waals surface area contributed by atoms with Crippen LogP contribution in [0.25, 0.3) is 0 Å². The summed E-state index contributed by atoms with van der Waals surface area (Å²) in [4.78, 5) is 41.8. The zero-order valence-corrected chi connectivity index (χ0v) is 15.9. The van der Waals surface area contributed by atoms with Gasteiger partial charge >= 0.3 is 0 Å². The summed E-state index contributed by atoms with van der Waals surface area (Å²) >= 11 is 0. The van der Waals surface area contributed by atoms with Crippen LogP contribution in [0.15, 0.2) is 53.3 Å². The van der Waals surface area contributed by atoms with E-state index in [1.54, 1.807) is 34.9 Å². The minimum atomic E-state index is -0.418. The molecule has 9 heteroatoms. The quantitative estimate of drug-likeness (QED) is 0.670. The van der Waals surface area contributed by atoms with Crippen molar-refractivity contribution in [1.82, 2.24) is 29.9 Å². The van der Waals surface area contributed by atoms with E-state index in [-0.39, 0.29) is 17.6 Å². The van der Waals surface area contributed by atoms with Gasteiger partial charge in [-0.05, 0) is 31.5 Å². The highest BCUT2D eigenvalue weighted by atomic mass is 16.5. The van der Waals surface area contributed by atoms with Gasteiger partial charge in [-0.25, -0.2) is 9.97 Å². The largest absolute Gasteiger partial charge is 0.337 e. The van der Waals surface area contributed by atoms with Crippen LogP contribution in [-0.4, -0.2) is 61.4 Å². The molecule has 0 bridgehead atoms. The summed E-state index contributed by atoms with van der Waals surface area (Å²) in [5.74, 6) is 0.608. The summed E-state index contributed by atoms with van der Waals surface area (Å²) in [5, 5.41) is 3.87. The van der Waals surface area contributed by atoms with Crippen molar-refractivity contribution in [1.29, 1.82) is 0 Å². The van der Waals surface area contributed by atoms with Gasteiger partial charge in [-0.2, -0.15) is 4.98 Å². The van der Waals surface area contributed by atoms with Crippen LogP contribution in [0.1, 0.15) is 45.2 Å². The van der Waals surface area contributed by atoms with Gasteiger partial charge in [0.05, 0.1) is 0 Å². The summed E-state index contributed by atoms with van der Waals surface area (Å²) in [6.45, 7) is 2.84. The third-order valence-corrected chi connectivity index (χ3v) is 4.81. The number of amides is 2. The molecule has 0 radical (unpaired) electrons. The minimum absolute atomic E-state index is 0.139. The SMILES string of the molecule is Cc1noc(C2CCN(C(=O)c3ncccn3)CCN2C(=O)c2ccccc2)n1. The maximum atomic E-state index is 13.2. The second-order valence-corrected chi connectivity index (χ2v) is 6.71. The fourth-order valence-corrected chi connectivity index (χ4v) is 3.38. The lowest BCUT2D eigenvalue weighted by atomic mass is 10.1. The Morgan fingerprint density at radius 1 is 1.00 bits per heavy atom. The van der Waals surface area contributed by atoms with Crippen LogP contribution in [0.2, 0.25) is 0 Å². The summed E-state index contributed by atoms with van der Waals surface area (Å²) < 4.78 is 5.37. The van der Waals surface area contributed by atoms with Gasteiger partial charge in [0.15, 0.2) is 5.82 Å². The number of carbonyl (C=O) groups excluding carboxylic acids is 2. The minimum Gasteiger partial charge on any atom is -0.337 e. The second-order valence-electron chi connectivity index (χ2n) is 6.71. The van der Waals surface area contributed by atoms with E-state index in [1.807, 2.05) is 18.2 Å². The molecule has 0 aliphatic carbocycles. The van der Waals surface area contributed by atoms with Crippen molar-refractivity contribution >= 4 is 11.8 Å². The molecule has 1 fully saturated rings. The van der Waals surface area contributed by atoms with Crippen molar-refractivity contribution in [3.8, 4) is 0 Å². The van der Waals surface area contributed by atoms with Crippen LogP contribution in [0, 0.1) is 6.92 Å². The molecule has 0 saturated carbocycles. The van der Waals surface area contributed by atoms with E-state index in [1.165, 1.54) is 12.4 Å². The average molecular weight is 392 g/mol. The van der Waals surface area contributed by atoms with Gasteiger partial charge in [0.1, 0.15) is 6.04 Å². The summed E-state index contributed by atoms with van der Waals surface area (Å²) in [5.41, 5.74) is 0.569. The van der Waals surface area contributed by atoms with E-state index in [4.69, 9.17) is 4.52 Å². The maximum Gasteiger partial charge on any atom is 0.291 e. The molecule has 1 unspecified atom stereocenters. The number of carbonyl (C=O) groups is 2. The molecule has 1 saturated heterocycles. The smallest absolute Gasteiger partial charge is 0.291 e. The van der Waals surface area contributed by atoms with Crippen molar-refractivity contribution in [3.63, 3.8) is 0 Å². The Balaban J connectivity index is 1.61. The highest BCUT2D eigenvalue weighted by molar-refractivity contribution is 5.94. The molecule has 148 valence electrons. The van der Waals surface area contributed by atoms with Crippen molar-refractivity contribution in [2.24, 2.45) is 0 Å². The molecule has 1 atom stereocenters. The highest BCUT2D eigenvalue weighted by Gasteiger charge is 2.34. The lowest BCUT2D eigenvalue weighted by molar-refractivity contribution is 0.0641. The van der Waals surface area contributed by atoms with Crippen LogP contribution in [0.3, 0.4) is 0 Å². The van der Waals surface area contributed by atoms with E-state index in [0.717, 1.165) is 0 Å². The molecular formula is C20H20N6O3. The van der Waals surface area contributed by atoms with Crippen molar-refractivity contribution in [3.05, 3.63) is 71.9 Å². The molecule has 0 spiro atoms. The Hall–Kier alpha value is -3.62. The van der Waals surface area contributed by atoms with Crippen LogP contribution in [-0.2, 0) is 0 Å². The first kappa shape index (κ1) is 18.7. The van der Waals surface area contributed by atoms with Crippen molar-refractivity contribution in [2.45, 2.75) is 19.4 Å². The van der Waals surface area contributed by atoms with Gasteiger partial charge in [0, 0.05) is 37.6 Å². The lowest BCUT2D eigenvalue weighted by Crippen LogP contribution is -2.38. The number of hydrogen-bond donors (Lipinski definition) is 0. The third-order valence-electron chi connectivity index (χ3n) is 4.81. The summed E-state index contributed by atoms with van der Waals surface area (Å²) in [6.07, 6.45) is 3.54. The van der Waals surface area contributed by atoms with E-state index in [0.29, 0.717) is 43.3 Å². The molecular weight excluding hydrogens is 372 g/mol. The Labute approximate surface area is 167 Å². The Morgan fingerprint density at radius 3 is 2.45 bits per heavy atom. The summed E-state index contributed by atoms with van der Waals surface area (Å²) in [6, 6.07) is 10.3. The average Bonchev–Trinajstić information content (AvgIpc) is 3.07. The van der Waals surface area contributed by atoms with Gasteiger partial charge in [-0.15, -0.1) is 0 Å². The molecule has 1 aliphatic heterocycles. The predicted octanol–water partition coefficient (Wildman–Crippen LogP) is 1.90. The third kappa shape index (κ3) is 3.98. The summed E-state index contributed by atoms with van der Waals surface area (Å²) in [7, 11) is 0. The van der Waals surface area contributed by atoms with Crippen molar-refractivity contribution in [2.75, 3.05) is 19.6 Å². The van der Waals surface area contributed by atoms with E-state index in [9.17, 15) is 9.59 Å². The predicted molar refractivity (Wildman–Crippen MR) is 102 cm³/mol. The number of nitrogens with zero attached hydrogens (tertiary/aromatic N) is 6. The number of aromatic nitrogens is 4. The molecule has 1 aromatic carbocycles. The fourth-order valence-electron chi connectivity index (χ4n) is 3.38. The number of hydrogen-bond acceptors (Lipinski definition) is 7. The molecule has 9 nitrogen and oxygen atoms in total. The normalized spacial score (nSPS) is 17.1. The number of benzene rings is 1. The first-order valence-corrected chi connectivity index (χ1v) is 9.36. The standard InChI is InChI=1S/C20H20N6O3/c1-14-23-18(29-24-14)16-8-11-25(20(28)17-21-9-5-10-22-17)12-13-26(16)19(27)15-6-3-2-4-7-15/h2-7,9-10,16H,8,11-13H2,1H3. The molecule has 3 heterocycles. The van der Waals surface area contributed by atoms with Gasteiger partial charge in [0.25, 0.3) is 11.8 Å². The fraction of sp³-hybridized carbons (Fsp3) is 0.300. The van der Waals surface area contributed by atoms with Crippen molar-refractivity contribution < 1.29 is 14.1 Å². The maximum absolute atomic E-state index is 13.2. The van der Waals surface area contributed by atoms with Crippen LogP contribution in [0.4, 0.5) is 0 Å². The number of rotatable bonds is 3. The Kier molecular flexibility index (Phi) is 5.28. The number of aryl methyl sites for hydroxylation is 1.